The molecule has 1 atom stereocenters. The lowest BCUT2D eigenvalue weighted by Gasteiger charge is -2.22. The van der Waals surface area contributed by atoms with Crippen LogP contribution in [0.25, 0.3) is 11.0 Å². The second kappa shape index (κ2) is 7.26. The van der Waals surface area contributed by atoms with Crippen molar-refractivity contribution in [1.82, 2.24) is 0 Å². The molecule has 1 N–H and O–H groups in total. The number of fused-ring (bicyclic) bond motifs is 2. The molecule has 2 aromatic carbocycles. The first-order valence-corrected chi connectivity index (χ1v) is 8.79. The predicted octanol–water partition coefficient (Wildman–Crippen LogP) is 2.96. The molecule has 7 heteroatoms. The highest BCUT2D eigenvalue weighted by Gasteiger charge is 2.28. The maximum Gasteiger partial charge on any atom is 0.343 e. The molecule has 0 bridgehead atoms. The summed E-state index contributed by atoms with van der Waals surface area (Å²) < 4.78 is 21.3. The van der Waals surface area contributed by atoms with Crippen molar-refractivity contribution in [3.63, 3.8) is 0 Å². The summed E-state index contributed by atoms with van der Waals surface area (Å²) in [4.78, 5) is 24.7. The average molecular weight is 382 g/mol. The number of hydrogen-bond acceptors (Lipinski definition) is 7. The van der Waals surface area contributed by atoms with Gasteiger partial charge in [-0.05, 0) is 29.8 Å². The summed E-state index contributed by atoms with van der Waals surface area (Å²) in [6.45, 7) is 0.856. The van der Waals surface area contributed by atoms with Gasteiger partial charge in [0.2, 0.25) is 0 Å². The van der Waals surface area contributed by atoms with Crippen molar-refractivity contribution in [2.75, 3.05) is 20.3 Å². The van der Waals surface area contributed by atoms with Gasteiger partial charge in [0.15, 0.2) is 11.5 Å². The largest absolute Gasteiger partial charge is 0.507 e. The topological polar surface area (TPSA) is 95.2 Å². The van der Waals surface area contributed by atoms with Crippen molar-refractivity contribution in [2.45, 2.75) is 12.3 Å². The Balaban J connectivity index is 1.89. The molecule has 0 fully saturated rings. The molecule has 0 amide bonds. The number of benzene rings is 2. The predicted molar refractivity (Wildman–Crippen MR) is 100 cm³/mol. The summed E-state index contributed by atoms with van der Waals surface area (Å²) in [7, 11) is 1.27. The SMILES string of the molecule is COC(=O)C[C@H](c1ccc2c(c1)OCCO2)c1c(O)c2ccccc2oc1=O. The van der Waals surface area contributed by atoms with Crippen LogP contribution in [-0.2, 0) is 9.53 Å². The van der Waals surface area contributed by atoms with E-state index in [1.165, 1.54) is 7.11 Å². The van der Waals surface area contributed by atoms with Crippen molar-refractivity contribution in [1.29, 1.82) is 0 Å². The van der Waals surface area contributed by atoms with E-state index in [2.05, 4.69) is 0 Å². The molecular formula is C21H18O7. The molecule has 3 aromatic rings. The first-order chi connectivity index (χ1) is 13.6. The molecule has 4 rings (SSSR count). The van der Waals surface area contributed by atoms with Gasteiger partial charge in [-0.3, -0.25) is 4.79 Å². The van der Waals surface area contributed by atoms with E-state index in [0.29, 0.717) is 35.7 Å². The smallest absolute Gasteiger partial charge is 0.343 e. The Morgan fingerprint density at radius 1 is 1.14 bits per heavy atom. The van der Waals surface area contributed by atoms with Gasteiger partial charge in [-0.1, -0.05) is 18.2 Å². The van der Waals surface area contributed by atoms with Crippen LogP contribution in [0, 0.1) is 0 Å². The molecular weight excluding hydrogens is 364 g/mol. The summed E-state index contributed by atoms with van der Waals surface area (Å²) in [5, 5.41) is 11.2. The molecule has 0 spiro atoms. The third-order valence-electron chi connectivity index (χ3n) is 4.74. The molecule has 1 aliphatic rings. The first-order valence-electron chi connectivity index (χ1n) is 8.79. The number of carbonyl (C=O) groups excluding carboxylic acids is 1. The lowest BCUT2D eigenvalue weighted by atomic mass is 9.88. The number of carbonyl (C=O) groups is 1. The third-order valence-corrected chi connectivity index (χ3v) is 4.74. The van der Waals surface area contributed by atoms with E-state index in [1.807, 2.05) is 0 Å². The zero-order valence-electron chi connectivity index (χ0n) is 15.1. The van der Waals surface area contributed by atoms with Crippen molar-refractivity contribution in [2.24, 2.45) is 0 Å². The van der Waals surface area contributed by atoms with Gasteiger partial charge in [0.05, 0.1) is 24.5 Å². The lowest BCUT2D eigenvalue weighted by Crippen LogP contribution is -2.19. The van der Waals surface area contributed by atoms with E-state index in [0.717, 1.165) is 0 Å². The summed E-state index contributed by atoms with van der Waals surface area (Å²) in [6.07, 6.45) is -0.146. The Morgan fingerprint density at radius 2 is 1.89 bits per heavy atom. The summed E-state index contributed by atoms with van der Waals surface area (Å²) in [6, 6.07) is 11.8. The zero-order valence-corrected chi connectivity index (χ0v) is 15.1. The summed E-state index contributed by atoms with van der Waals surface area (Å²) in [5.41, 5.74) is 0.168. The molecule has 0 saturated heterocycles. The fourth-order valence-corrected chi connectivity index (χ4v) is 3.37. The Labute approximate surface area is 160 Å². The molecule has 144 valence electrons. The molecule has 0 unspecified atom stereocenters. The number of esters is 1. The third kappa shape index (κ3) is 3.15. The van der Waals surface area contributed by atoms with Crippen LogP contribution in [0.3, 0.4) is 0 Å². The zero-order chi connectivity index (χ0) is 19.7. The van der Waals surface area contributed by atoms with Crippen LogP contribution in [0.1, 0.15) is 23.5 Å². The van der Waals surface area contributed by atoms with Gasteiger partial charge in [-0.25, -0.2) is 4.79 Å². The minimum atomic E-state index is -0.774. The molecule has 0 radical (unpaired) electrons. The second-order valence-electron chi connectivity index (χ2n) is 6.38. The van der Waals surface area contributed by atoms with E-state index in [4.69, 9.17) is 18.6 Å². The normalized spacial score (nSPS) is 13.9. The molecule has 1 aliphatic heterocycles. The van der Waals surface area contributed by atoms with E-state index in [9.17, 15) is 14.7 Å². The van der Waals surface area contributed by atoms with Crippen LogP contribution < -0.4 is 15.1 Å². The van der Waals surface area contributed by atoms with Gasteiger partial charge >= 0.3 is 11.6 Å². The van der Waals surface area contributed by atoms with Crippen LogP contribution in [0.15, 0.2) is 51.7 Å². The summed E-state index contributed by atoms with van der Waals surface area (Å²) >= 11 is 0. The van der Waals surface area contributed by atoms with Crippen molar-refractivity contribution in [3.8, 4) is 17.2 Å². The van der Waals surface area contributed by atoms with Crippen molar-refractivity contribution in [3.05, 3.63) is 64.0 Å². The maximum absolute atomic E-state index is 12.7. The Kier molecular flexibility index (Phi) is 4.65. The number of hydrogen-bond donors (Lipinski definition) is 1. The molecule has 7 nitrogen and oxygen atoms in total. The first kappa shape index (κ1) is 17.9. The second-order valence-corrected chi connectivity index (χ2v) is 6.38. The number of para-hydroxylation sites is 1. The van der Waals surface area contributed by atoms with Crippen molar-refractivity contribution >= 4 is 16.9 Å². The fraction of sp³-hybridized carbons (Fsp3) is 0.238. The Bertz CT molecular complexity index is 1100. The minimum Gasteiger partial charge on any atom is -0.507 e. The molecule has 28 heavy (non-hydrogen) atoms. The summed E-state index contributed by atoms with van der Waals surface area (Å²) in [5.74, 6) is -0.406. The van der Waals surface area contributed by atoms with Crippen LogP contribution in [0.2, 0.25) is 0 Å². The van der Waals surface area contributed by atoms with Crippen molar-refractivity contribution < 1.29 is 28.5 Å². The Morgan fingerprint density at radius 3 is 2.68 bits per heavy atom. The van der Waals surface area contributed by atoms with Crippen LogP contribution in [0.4, 0.5) is 0 Å². The standard InChI is InChI=1S/C21H18O7/c1-25-18(22)11-14(12-6-7-16-17(10-12)27-9-8-26-16)19-20(23)13-4-2-3-5-15(13)28-21(19)24/h2-7,10,14,23H,8-9,11H2,1H3/t14-/m1/s1. The van der Waals surface area contributed by atoms with Gasteiger partial charge < -0.3 is 23.7 Å². The maximum atomic E-state index is 12.7. The van der Waals surface area contributed by atoms with Gasteiger partial charge in [0, 0.05) is 5.92 Å². The fourth-order valence-electron chi connectivity index (χ4n) is 3.37. The molecule has 1 aromatic heterocycles. The highest BCUT2D eigenvalue weighted by molar-refractivity contribution is 5.84. The van der Waals surface area contributed by atoms with E-state index in [-0.39, 0.29) is 23.3 Å². The quantitative estimate of drug-likeness (QED) is 0.547. The van der Waals surface area contributed by atoms with Gasteiger partial charge in [-0.15, -0.1) is 0 Å². The Hall–Kier alpha value is -3.48. The van der Waals surface area contributed by atoms with E-state index < -0.39 is 17.5 Å². The monoisotopic (exact) mass is 382 g/mol. The van der Waals surface area contributed by atoms with Gasteiger partial charge in [0.1, 0.15) is 24.5 Å². The average Bonchev–Trinajstić information content (AvgIpc) is 2.72. The lowest BCUT2D eigenvalue weighted by molar-refractivity contribution is -0.140. The molecule has 2 heterocycles. The van der Waals surface area contributed by atoms with E-state index >= 15 is 0 Å². The highest BCUT2D eigenvalue weighted by atomic mass is 16.6. The minimum absolute atomic E-state index is 0.000720. The number of rotatable bonds is 4. The number of aromatic hydroxyl groups is 1. The van der Waals surface area contributed by atoms with Crippen LogP contribution in [-0.4, -0.2) is 31.4 Å². The van der Waals surface area contributed by atoms with Crippen LogP contribution in [0.5, 0.6) is 17.2 Å². The van der Waals surface area contributed by atoms with E-state index in [1.54, 1.807) is 42.5 Å². The number of methoxy groups -OCH3 is 1. The number of ether oxygens (including phenoxy) is 3. The molecule has 0 saturated carbocycles. The highest BCUT2D eigenvalue weighted by Crippen LogP contribution is 2.39. The van der Waals surface area contributed by atoms with Gasteiger partial charge in [0.25, 0.3) is 0 Å². The van der Waals surface area contributed by atoms with Crippen LogP contribution >= 0.6 is 0 Å². The van der Waals surface area contributed by atoms with Gasteiger partial charge in [-0.2, -0.15) is 0 Å². The molecule has 0 aliphatic carbocycles.